The van der Waals surface area contributed by atoms with Gasteiger partial charge in [-0.3, -0.25) is 4.98 Å². The van der Waals surface area contributed by atoms with E-state index in [1.54, 1.807) is 12.3 Å². The lowest BCUT2D eigenvalue weighted by Crippen LogP contribution is -1.99. The van der Waals surface area contributed by atoms with E-state index in [4.69, 9.17) is 4.74 Å². The largest absolute Gasteiger partial charge is 0.504 e. The maximum Gasteiger partial charge on any atom is 0.200 e. The molecule has 0 amide bonds. The van der Waals surface area contributed by atoms with E-state index in [0.29, 0.717) is 24.0 Å². The zero-order chi connectivity index (χ0) is 25.9. The van der Waals surface area contributed by atoms with Crippen LogP contribution in [0, 0.1) is 0 Å². The predicted molar refractivity (Wildman–Crippen MR) is 146 cm³/mol. The molecule has 0 unspecified atom stereocenters. The molecular formula is C32H29NO4. The van der Waals surface area contributed by atoms with Crippen LogP contribution in [0.1, 0.15) is 47.6 Å². The van der Waals surface area contributed by atoms with Crippen molar-refractivity contribution in [2.75, 3.05) is 0 Å². The smallest absolute Gasteiger partial charge is 0.200 e. The number of nitrogens with zero attached hydrogens (tertiary/aromatic N) is 1. The summed E-state index contributed by atoms with van der Waals surface area (Å²) in [6.45, 7) is 4.22. The van der Waals surface area contributed by atoms with Gasteiger partial charge in [0.1, 0.15) is 11.5 Å². The average molecular weight is 492 g/mol. The molecule has 37 heavy (non-hydrogen) atoms. The van der Waals surface area contributed by atoms with Gasteiger partial charge in [0.2, 0.25) is 5.75 Å². The Morgan fingerprint density at radius 3 is 2.08 bits per heavy atom. The number of aromatic hydroxyl groups is 3. The molecule has 1 aromatic heterocycles. The lowest BCUT2D eigenvalue weighted by Gasteiger charge is -2.17. The van der Waals surface area contributed by atoms with Crippen molar-refractivity contribution < 1.29 is 20.1 Å². The van der Waals surface area contributed by atoms with Crippen LogP contribution in [0.3, 0.4) is 0 Å². The molecule has 0 aliphatic carbocycles. The first-order valence-electron chi connectivity index (χ1n) is 12.3. The third-order valence-electron chi connectivity index (χ3n) is 6.56. The average Bonchev–Trinajstić information content (AvgIpc) is 2.91. The van der Waals surface area contributed by atoms with Gasteiger partial charge in [0.25, 0.3) is 0 Å². The van der Waals surface area contributed by atoms with Crippen molar-refractivity contribution in [2.45, 2.75) is 32.6 Å². The molecule has 5 heteroatoms. The lowest BCUT2D eigenvalue weighted by atomic mass is 9.94. The van der Waals surface area contributed by atoms with Crippen molar-refractivity contribution in [3.8, 4) is 28.7 Å². The Labute approximate surface area is 216 Å². The van der Waals surface area contributed by atoms with Crippen molar-refractivity contribution in [2.24, 2.45) is 0 Å². The summed E-state index contributed by atoms with van der Waals surface area (Å²) >= 11 is 0. The van der Waals surface area contributed by atoms with Crippen molar-refractivity contribution in [1.29, 1.82) is 0 Å². The SMILES string of the molecule is CC(C)c1cc(Cc2cc(Cc3ccccc3)c(O)c(O)c2O)ccc1Oc1ccnc2ccccc12. The van der Waals surface area contributed by atoms with Crippen LogP contribution >= 0.6 is 0 Å². The molecule has 0 spiro atoms. The monoisotopic (exact) mass is 491 g/mol. The Balaban J connectivity index is 1.47. The molecule has 0 radical (unpaired) electrons. The molecule has 5 nitrogen and oxygen atoms in total. The fourth-order valence-corrected chi connectivity index (χ4v) is 4.60. The van der Waals surface area contributed by atoms with Crippen molar-refractivity contribution in [3.63, 3.8) is 0 Å². The summed E-state index contributed by atoms with van der Waals surface area (Å²) in [6, 6.07) is 27.2. The molecule has 186 valence electrons. The molecule has 0 atom stereocenters. The molecule has 0 aliphatic rings. The first kappa shape index (κ1) is 24.2. The van der Waals surface area contributed by atoms with Crippen molar-refractivity contribution >= 4 is 10.9 Å². The van der Waals surface area contributed by atoms with Gasteiger partial charge in [-0.25, -0.2) is 0 Å². The van der Waals surface area contributed by atoms with Crippen LogP contribution < -0.4 is 4.74 Å². The standard InChI is InChI=1S/C32H29NO4/c1-20(2)26-18-22(12-13-28(26)37-29-14-15-33-27-11-7-6-10-25(27)29)17-24-19-23(30(34)32(36)31(24)35)16-21-8-4-3-5-9-21/h3-15,18-20,34-36H,16-17H2,1-2H3. The predicted octanol–water partition coefficient (Wildman–Crippen LogP) is 7.45. The number of ether oxygens (including phenoxy) is 1. The maximum atomic E-state index is 10.6. The zero-order valence-electron chi connectivity index (χ0n) is 20.8. The van der Waals surface area contributed by atoms with E-state index in [9.17, 15) is 15.3 Å². The minimum atomic E-state index is -0.489. The van der Waals surface area contributed by atoms with Crippen LogP contribution in [0.4, 0.5) is 0 Å². The molecule has 5 aromatic rings. The van der Waals surface area contributed by atoms with E-state index in [1.807, 2.05) is 72.8 Å². The number of pyridine rings is 1. The Kier molecular flexibility index (Phi) is 6.69. The minimum absolute atomic E-state index is 0.193. The van der Waals surface area contributed by atoms with Gasteiger partial charge in [-0.1, -0.05) is 68.4 Å². The van der Waals surface area contributed by atoms with Crippen LogP contribution in [0.15, 0.2) is 91.1 Å². The topological polar surface area (TPSA) is 82.8 Å². The number of phenolic OH excluding ortho intramolecular Hbond substituents is 3. The number of aromatic nitrogens is 1. The van der Waals surface area contributed by atoms with E-state index in [-0.39, 0.29) is 17.4 Å². The second-order valence-corrected chi connectivity index (χ2v) is 9.53. The second kappa shape index (κ2) is 10.2. The highest BCUT2D eigenvalue weighted by Gasteiger charge is 2.18. The summed E-state index contributed by atoms with van der Waals surface area (Å²) in [5.41, 5.74) is 4.97. The Bertz CT molecular complexity index is 1560. The van der Waals surface area contributed by atoms with Crippen molar-refractivity contribution in [3.05, 3.63) is 119 Å². The fraction of sp³-hybridized carbons (Fsp3) is 0.156. The number of phenols is 3. The van der Waals surface area contributed by atoms with Crippen molar-refractivity contribution in [1.82, 2.24) is 4.98 Å². The van der Waals surface area contributed by atoms with Crippen LogP contribution in [-0.4, -0.2) is 20.3 Å². The van der Waals surface area contributed by atoms with E-state index in [2.05, 4.69) is 24.9 Å². The minimum Gasteiger partial charge on any atom is -0.504 e. The summed E-state index contributed by atoms with van der Waals surface area (Å²) in [6.07, 6.45) is 2.57. The summed E-state index contributed by atoms with van der Waals surface area (Å²) in [7, 11) is 0. The molecule has 0 aliphatic heterocycles. The number of rotatable bonds is 7. The Morgan fingerprint density at radius 2 is 1.35 bits per heavy atom. The quantitative estimate of drug-likeness (QED) is 0.206. The molecule has 0 saturated heterocycles. The van der Waals surface area contributed by atoms with E-state index < -0.39 is 5.75 Å². The van der Waals surface area contributed by atoms with Gasteiger partial charge in [-0.15, -0.1) is 0 Å². The highest BCUT2D eigenvalue weighted by atomic mass is 16.5. The summed E-state index contributed by atoms with van der Waals surface area (Å²) in [5.74, 6) is 0.616. The van der Waals surface area contributed by atoms with E-state index in [0.717, 1.165) is 39.1 Å². The normalized spacial score (nSPS) is 11.2. The zero-order valence-corrected chi connectivity index (χ0v) is 20.8. The van der Waals surface area contributed by atoms with E-state index in [1.165, 1.54) is 0 Å². The van der Waals surface area contributed by atoms with Gasteiger partial charge in [0.05, 0.1) is 5.52 Å². The van der Waals surface area contributed by atoms with Gasteiger partial charge < -0.3 is 20.1 Å². The first-order valence-corrected chi connectivity index (χ1v) is 12.3. The van der Waals surface area contributed by atoms with Gasteiger partial charge in [0, 0.05) is 35.6 Å². The molecule has 4 aromatic carbocycles. The van der Waals surface area contributed by atoms with Crippen LogP contribution in [0.25, 0.3) is 10.9 Å². The van der Waals surface area contributed by atoms with Gasteiger partial charge in [0.15, 0.2) is 11.5 Å². The highest BCUT2D eigenvalue weighted by Crippen LogP contribution is 2.42. The number of benzene rings is 4. The molecule has 0 saturated carbocycles. The van der Waals surface area contributed by atoms with E-state index >= 15 is 0 Å². The number of para-hydroxylation sites is 1. The summed E-state index contributed by atoms with van der Waals surface area (Å²) in [5, 5.41) is 32.5. The summed E-state index contributed by atoms with van der Waals surface area (Å²) < 4.78 is 6.37. The fourth-order valence-electron chi connectivity index (χ4n) is 4.60. The molecule has 3 N–H and O–H groups in total. The molecular weight excluding hydrogens is 462 g/mol. The first-order chi connectivity index (χ1) is 17.9. The highest BCUT2D eigenvalue weighted by molar-refractivity contribution is 5.85. The Morgan fingerprint density at radius 1 is 0.676 bits per heavy atom. The van der Waals surface area contributed by atoms with Gasteiger partial charge in [-0.2, -0.15) is 0 Å². The van der Waals surface area contributed by atoms with Crippen LogP contribution in [0.2, 0.25) is 0 Å². The Hall–Kier alpha value is -4.51. The molecule has 0 fully saturated rings. The second-order valence-electron chi connectivity index (χ2n) is 9.53. The molecule has 0 bridgehead atoms. The number of hydrogen-bond donors (Lipinski definition) is 3. The summed E-state index contributed by atoms with van der Waals surface area (Å²) in [4.78, 5) is 4.41. The number of hydrogen-bond acceptors (Lipinski definition) is 5. The molecule has 5 rings (SSSR count). The van der Waals surface area contributed by atoms with Gasteiger partial charge in [-0.05, 0) is 52.9 Å². The van der Waals surface area contributed by atoms with Crippen LogP contribution in [0.5, 0.6) is 28.7 Å². The van der Waals surface area contributed by atoms with Gasteiger partial charge >= 0.3 is 0 Å². The molecule has 1 heterocycles. The van der Waals surface area contributed by atoms with Crippen LogP contribution in [-0.2, 0) is 12.8 Å². The third kappa shape index (κ3) is 5.07. The number of fused-ring (bicyclic) bond motifs is 1. The lowest BCUT2D eigenvalue weighted by molar-refractivity contribution is 0.363. The maximum absolute atomic E-state index is 10.6. The third-order valence-corrected chi connectivity index (χ3v) is 6.56.